The maximum absolute atomic E-state index is 13.6. The van der Waals surface area contributed by atoms with Crippen LogP contribution in [0.15, 0.2) is 23.1 Å². The molecule has 9 heteroatoms. The molecular weight excluding hydrogens is 508 g/mol. The van der Waals surface area contributed by atoms with Gasteiger partial charge in [0.2, 0.25) is 0 Å². The van der Waals surface area contributed by atoms with Gasteiger partial charge in [-0.05, 0) is 53.7 Å². The third-order valence-electron chi connectivity index (χ3n) is 6.57. The highest BCUT2D eigenvalue weighted by Crippen LogP contribution is 2.39. The van der Waals surface area contributed by atoms with Crippen molar-refractivity contribution >= 4 is 27.1 Å². The van der Waals surface area contributed by atoms with Crippen molar-refractivity contribution in [2.24, 2.45) is 5.41 Å². The highest BCUT2D eigenvalue weighted by molar-refractivity contribution is 7.91. The van der Waals surface area contributed by atoms with Crippen LogP contribution in [0.4, 0.5) is 0 Å². The quantitative estimate of drug-likeness (QED) is 0.242. The summed E-state index contributed by atoms with van der Waals surface area (Å²) in [6.07, 6.45) is 3.63. The third-order valence-corrected chi connectivity index (χ3v) is 8.76. The molecule has 2 heterocycles. The lowest BCUT2D eigenvalue weighted by atomic mass is 9.72. The number of fused-ring (bicyclic) bond motifs is 1. The Bertz CT molecular complexity index is 1320. The molecule has 37 heavy (non-hydrogen) atoms. The van der Waals surface area contributed by atoms with Crippen LogP contribution in [0.25, 0.3) is 5.65 Å². The van der Waals surface area contributed by atoms with E-state index in [1.54, 1.807) is 4.52 Å². The number of aromatic nitrogens is 4. The number of benzene rings is 1. The number of H-pyrrole nitrogens is 1. The molecule has 3 rings (SSSR count). The van der Waals surface area contributed by atoms with Crippen LogP contribution in [0.3, 0.4) is 0 Å². The van der Waals surface area contributed by atoms with Gasteiger partial charge >= 0.3 is 0 Å². The second-order valence-electron chi connectivity index (χ2n) is 12.2. The lowest BCUT2D eigenvalue weighted by Gasteiger charge is -2.33. The van der Waals surface area contributed by atoms with Crippen LogP contribution in [0, 0.1) is 5.41 Å². The number of nitrogens with zero attached hydrogens (tertiary/aromatic N) is 3. The number of aromatic amines is 1. The van der Waals surface area contributed by atoms with Crippen LogP contribution in [0.5, 0.6) is 5.75 Å². The molecule has 7 nitrogen and oxygen atoms in total. The van der Waals surface area contributed by atoms with Crippen LogP contribution in [-0.4, -0.2) is 40.6 Å². The van der Waals surface area contributed by atoms with Crippen molar-refractivity contribution in [3.05, 3.63) is 40.3 Å². The fraction of sp³-hybridized carbons (Fsp3) is 0.643. The predicted molar refractivity (Wildman–Crippen MR) is 151 cm³/mol. The second kappa shape index (κ2) is 11.4. The first-order valence-electron chi connectivity index (χ1n) is 13.3. The van der Waals surface area contributed by atoms with E-state index >= 15 is 0 Å². The predicted octanol–water partition coefficient (Wildman–Crippen LogP) is 7.13. The van der Waals surface area contributed by atoms with Crippen molar-refractivity contribution in [2.75, 3.05) is 12.4 Å². The lowest BCUT2D eigenvalue weighted by Crippen LogP contribution is -2.25. The van der Waals surface area contributed by atoms with E-state index < -0.39 is 9.84 Å². The summed E-state index contributed by atoms with van der Waals surface area (Å²) in [5, 5.41) is 12.3. The third kappa shape index (κ3) is 7.08. The van der Waals surface area contributed by atoms with Crippen LogP contribution >= 0.6 is 11.6 Å². The Balaban J connectivity index is 1.85. The molecule has 0 aliphatic heterocycles. The molecule has 0 radical (unpaired) electrons. The van der Waals surface area contributed by atoms with Crippen molar-refractivity contribution in [1.82, 2.24) is 19.8 Å². The molecule has 0 atom stereocenters. The molecule has 1 N–H and O–H groups in total. The number of aryl methyl sites for hydroxylation is 1. The van der Waals surface area contributed by atoms with Gasteiger partial charge in [0, 0.05) is 6.42 Å². The van der Waals surface area contributed by atoms with Gasteiger partial charge in [-0.2, -0.15) is 0 Å². The molecule has 0 saturated carbocycles. The molecule has 0 spiro atoms. The summed E-state index contributed by atoms with van der Waals surface area (Å²) in [5.74, 6) is 1.30. The fourth-order valence-corrected chi connectivity index (χ4v) is 6.85. The van der Waals surface area contributed by atoms with Crippen molar-refractivity contribution in [3.63, 3.8) is 0 Å². The molecule has 0 unspecified atom stereocenters. The van der Waals surface area contributed by atoms with Gasteiger partial charge in [-0.3, -0.25) is 5.10 Å². The Hall–Kier alpha value is -2.06. The van der Waals surface area contributed by atoms with Crippen LogP contribution in [-0.2, 0) is 21.7 Å². The second-order valence-corrected chi connectivity index (χ2v) is 14.6. The molecule has 0 aliphatic carbocycles. The highest BCUT2D eigenvalue weighted by atomic mass is 35.5. The van der Waals surface area contributed by atoms with E-state index in [1.807, 2.05) is 32.0 Å². The van der Waals surface area contributed by atoms with Crippen molar-refractivity contribution in [1.29, 1.82) is 0 Å². The molecule has 2 aromatic heterocycles. The number of unbranched alkanes of at least 4 members (excludes halogenated alkanes) is 1. The van der Waals surface area contributed by atoms with Gasteiger partial charge in [0.1, 0.15) is 15.7 Å². The van der Waals surface area contributed by atoms with Crippen molar-refractivity contribution in [2.45, 2.75) is 104 Å². The van der Waals surface area contributed by atoms with Gasteiger partial charge in [-0.1, -0.05) is 79.5 Å². The molecule has 0 aliphatic rings. The topological polar surface area (TPSA) is 89.3 Å². The number of sulfone groups is 1. The summed E-state index contributed by atoms with van der Waals surface area (Å²) in [7, 11) is -3.60. The molecule has 206 valence electrons. The summed E-state index contributed by atoms with van der Waals surface area (Å²) in [6.45, 7) is 17.6. The first-order chi connectivity index (χ1) is 17.2. The summed E-state index contributed by atoms with van der Waals surface area (Å²) < 4.78 is 35.0. The molecule has 3 aromatic rings. The van der Waals surface area contributed by atoms with E-state index in [9.17, 15) is 8.42 Å². The number of halogens is 1. The minimum Gasteiger partial charge on any atom is -0.492 e. The molecule has 0 fully saturated rings. The van der Waals surface area contributed by atoms with Crippen LogP contribution in [0.1, 0.15) is 104 Å². The zero-order valence-corrected chi connectivity index (χ0v) is 25.2. The number of rotatable bonds is 12. The van der Waals surface area contributed by atoms with Gasteiger partial charge in [-0.15, -0.1) is 10.2 Å². The largest absolute Gasteiger partial charge is 0.492 e. The van der Waals surface area contributed by atoms with Gasteiger partial charge in [0.05, 0.1) is 18.1 Å². The summed E-state index contributed by atoms with van der Waals surface area (Å²) >= 11 is 6.45. The van der Waals surface area contributed by atoms with Gasteiger partial charge in [-0.25, -0.2) is 12.9 Å². The normalized spacial score (nSPS) is 13.1. The zero-order chi connectivity index (χ0) is 27.6. The minimum absolute atomic E-state index is 0.0132. The maximum Gasteiger partial charge on any atom is 0.196 e. The average Bonchev–Trinajstić information content (AvgIpc) is 3.32. The van der Waals surface area contributed by atoms with Crippen LogP contribution < -0.4 is 4.74 Å². The summed E-state index contributed by atoms with van der Waals surface area (Å²) in [5.41, 5.74) is 2.40. The number of hydrogen-bond donors (Lipinski definition) is 1. The van der Waals surface area contributed by atoms with Gasteiger partial charge < -0.3 is 4.74 Å². The monoisotopic (exact) mass is 550 g/mol. The van der Waals surface area contributed by atoms with Crippen molar-refractivity contribution in [3.8, 4) is 5.75 Å². The van der Waals surface area contributed by atoms with E-state index in [4.69, 9.17) is 16.3 Å². The van der Waals surface area contributed by atoms with Gasteiger partial charge in [0.25, 0.3) is 0 Å². The smallest absolute Gasteiger partial charge is 0.196 e. The van der Waals surface area contributed by atoms with Crippen molar-refractivity contribution < 1.29 is 13.2 Å². The first-order valence-corrected chi connectivity index (χ1v) is 15.3. The Labute approximate surface area is 227 Å². The van der Waals surface area contributed by atoms with Gasteiger partial charge in [0.15, 0.2) is 21.3 Å². The Kier molecular flexibility index (Phi) is 9.05. The first kappa shape index (κ1) is 29.5. The Morgan fingerprint density at radius 2 is 1.81 bits per heavy atom. The molecule has 0 bridgehead atoms. The molecule has 0 amide bonds. The van der Waals surface area contributed by atoms with E-state index in [2.05, 4.69) is 56.8 Å². The standard InChI is InChI=1S/C28H43ClN4O3S/c1-9-10-15-36-21-14-13-20(28(7,8)18-27(4,5)6)17-22(21)37(34,35)16-11-12-23-30-31-26-24(29)25(19(2)3)32-33(23)26/h13-14,17,19,32H,9-12,15-16,18H2,1-8H3. The van der Waals surface area contributed by atoms with Crippen LogP contribution in [0.2, 0.25) is 5.02 Å². The lowest BCUT2D eigenvalue weighted by molar-refractivity contribution is 0.282. The maximum atomic E-state index is 13.6. The number of ether oxygens (including phenoxy) is 1. The summed E-state index contributed by atoms with van der Waals surface area (Å²) in [6, 6.07) is 5.68. The van der Waals surface area contributed by atoms with E-state index in [-0.39, 0.29) is 27.4 Å². The summed E-state index contributed by atoms with van der Waals surface area (Å²) in [4.78, 5) is 0.277. The fourth-order valence-electron chi connectivity index (χ4n) is 4.99. The number of nitrogens with one attached hydrogen (secondary N) is 1. The molecular formula is C28H43ClN4O3S. The zero-order valence-electron chi connectivity index (χ0n) is 23.6. The van der Waals surface area contributed by atoms with E-state index in [1.165, 1.54) is 0 Å². The molecule has 0 saturated heterocycles. The SMILES string of the molecule is CCCCOc1ccc(C(C)(C)CC(C)(C)C)cc1S(=O)(=O)CCCc1nnc2c(Cl)c(C(C)C)[nH]n12. The molecule has 1 aromatic carbocycles. The van der Waals surface area contributed by atoms with E-state index in [0.717, 1.165) is 30.5 Å². The minimum atomic E-state index is -3.60. The Morgan fingerprint density at radius 3 is 2.43 bits per heavy atom. The highest BCUT2D eigenvalue weighted by Gasteiger charge is 2.30. The number of hydrogen-bond acceptors (Lipinski definition) is 5. The van der Waals surface area contributed by atoms with E-state index in [0.29, 0.717) is 41.7 Å². The average molecular weight is 551 g/mol. The Morgan fingerprint density at radius 1 is 1.11 bits per heavy atom.